The summed E-state index contributed by atoms with van der Waals surface area (Å²) in [7, 11) is 3.27. The molecule has 7 heteroatoms. The molecule has 1 aromatic carbocycles. The number of thiophene rings is 1. The van der Waals surface area contributed by atoms with Crippen LogP contribution >= 0.6 is 11.3 Å². The highest BCUT2D eigenvalue weighted by molar-refractivity contribution is 7.10. The lowest BCUT2D eigenvalue weighted by molar-refractivity contribution is -0.160. The van der Waals surface area contributed by atoms with Gasteiger partial charge in [0.15, 0.2) is 11.5 Å². The molecular formula is C32H44N2O4S. The second-order valence-electron chi connectivity index (χ2n) is 12.2. The maximum Gasteiger partial charge on any atom is 0.242 e. The molecule has 4 aliphatic carbocycles. The monoisotopic (exact) mass is 552 g/mol. The van der Waals surface area contributed by atoms with Crippen molar-refractivity contribution < 1.29 is 19.1 Å². The second-order valence-corrected chi connectivity index (χ2v) is 13.2. The van der Waals surface area contributed by atoms with Crippen molar-refractivity contribution in [3.05, 3.63) is 45.6 Å². The second kappa shape index (κ2) is 11.9. The van der Waals surface area contributed by atoms with E-state index < -0.39 is 0 Å². The van der Waals surface area contributed by atoms with E-state index in [1.54, 1.807) is 25.6 Å². The normalized spacial score (nSPS) is 25.0. The smallest absolute Gasteiger partial charge is 0.242 e. The van der Waals surface area contributed by atoms with Gasteiger partial charge in [0.25, 0.3) is 0 Å². The minimum atomic E-state index is -0.223. The van der Waals surface area contributed by atoms with E-state index in [0.29, 0.717) is 55.3 Å². The van der Waals surface area contributed by atoms with Crippen molar-refractivity contribution in [1.82, 2.24) is 9.80 Å². The first-order chi connectivity index (χ1) is 18.8. The van der Waals surface area contributed by atoms with Crippen molar-refractivity contribution in [1.29, 1.82) is 0 Å². The number of amides is 2. The number of carbonyl (C=O) groups is 2. The first kappa shape index (κ1) is 28.0. The molecule has 0 radical (unpaired) electrons. The number of carbonyl (C=O) groups excluding carboxylic acids is 2. The van der Waals surface area contributed by atoms with Gasteiger partial charge in [-0.3, -0.25) is 9.59 Å². The minimum absolute atomic E-state index is 0.0369. The summed E-state index contributed by atoms with van der Waals surface area (Å²) in [5, 5.41) is 2.08. The van der Waals surface area contributed by atoms with Crippen LogP contribution in [-0.4, -0.2) is 55.5 Å². The summed E-state index contributed by atoms with van der Waals surface area (Å²) < 4.78 is 10.9. The maximum atomic E-state index is 14.2. The molecule has 4 saturated carbocycles. The average Bonchev–Trinajstić information content (AvgIpc) is 3.33. The fraction of sp³-hybridized carbons (Fsp3) is 0.625. The zero-order valence-corrected chi connectivity index (χ0v) is 24.9. The Morgan fingerprint density at radius 1 is 0.949 bits per heavy atom. The lowest BCUT2D eigenvalue weighted by atomic mass is 9.49. The molecule has 0 aliphatic heterocycles. The van der Waals surface area contributed by atoms with Crippen molar-refractivity contribution >= 4 is 23.2 Å². The predicted molar refractivity (Wildman–Crippen MR) is 155 cm³/mol. The fourth-order valence-corrected chi connectivity index (χ4v) is 8.75. The molecular weight excluding hydrogens is 508 g/mol. The highest BCUT2D eigenvalue weighted by Crippen LogP contribution is 2.60. The average molecular weight is 553 g/mol. The zero-order valence-electron chi connectivity index (χ0n) is 24.0. The molecule has 2 amide bonds. The van der Waals surface area contributed by atoms with E-state index in [0.717, 1.165) is 31.2 Å². The van der Waals surface area contributed by atoms with Crippen molar-refractivity contribution in [2.24, 2.45) is 23.2 Å². The highest BCUT2D eigenvalue weighted by atomic mass is 32.1. The predicted octanol–water partition coefficient (Wildman–Crippen LogP) is 6.10. The molecule has 0 atom stereocenters. The summed E-state index contributed by atoms with van der Waals surface area (Å²) in [6, 6.07) is 8.03. The third kappa shape index (κ3) is 5.98. The molecule has 1 aromatic heterocycles. The van der Waals surface area contributed by atoms with Crippen LogP contribution in [0.5, 0.6) is 11.5 Å². The summed E-state index contributed by atoms with van der Waals surface area (Å²) in [4.78, 5) is 33.2. The molecule has 4 bridgehead atoms. The summed E-state index contributed by atoms with van der Waals surface area (Å²) in [6.07, 6.45) is 8.58. The lowest BCUT2D eigenvalue weighted by Gasteiger charge is -2.56. The van der Waals surface area contributed by atoms with E-state index in [4.69, 9.17) is 9.47 Å². The minimum Gasteiger partial charge on any atom is -0.493 e. The molecule has 2 aromatic rings. The number of aryl methyl sites for hydroxylation is 1. The van der Waals surface area contributed by atoms with Gasteiger partial charge >= 0.3 is 0 Å². The Morgan fingerprint density at radius 3 is 2.18 bits per heavy atom. The number of rotatable bonds is 12. The van der Waals surface area contributed by atoms with Crippen LogP contribution in [0.3, 0.4) is 0 Å². The first-order valence-electron chi connectivity index (χ1n) is 14.6. The van der Waals surface area contributed by atoms with E-state index >= 15 is 0 Å². The Labute approximate surface area is 237 Å². The molecule has 4 aliphatic rings. The van der Waals surface area contributed by atoms with Crippen LogP contribution in [0, 0.1) is 30.1 Å². The van der Waals surface area contributed by atoms with Crippen LogP contribution in [0.2, 0.25) is 0 Å². The maximum absolute atomic E-state index is 14.2. The van der Waals surface area contributed by atoms with Gasteiger partial charge in [0.1, 0.15) is 0 Å². The number of methoxy groups -OCH3 is 2. The SMILES string of the molecule is CCCN(CC(=O)N(CCc1ccc(OC)c(OC)c1)Cc1sccc1C)C(=O)C12CC3CC(CC(C3)C1)C2. The van der Waals surface area contributed by atoms with Crippen molar-refractivity contribution in [3.8, 4) is 11.5 Å². The van der Waals surface area contributed by atoms with Gasteiger partial charge in [-0.15, -0.1) is 11.3 Å². The van der Waals surface area contributed by atoms with E-state index in [9.17, 15) is 9.59 Å². The van der Waals surface area contributed by atoms with Crippen LogP contribution in [0.25, 0.3) is 0 Å². The summed E-state index contributed by atoms with van der Waals surface area (Å²) in [5.41, 5.74) is 2.07. The number of ether oxygens (including phenoxy) is 2. The molecule has 6 nitrogen and oxygen atoms in total. The van der Waals surface area contributed by atoms with Gasteiger partial charge < -0.3 is 19.3 Å². The Bertz CT molecular complexity index is 1140. The van der Waals surface area contributed by atoms with Gasteiger partial charge in [0, 0.05) is 18.0 Å². The molecule has 212 valence electrons. The Balaban J connectivity index is 1.32. The fourth-order valence-electron chi connectivity index (χ4n) is 7.83. The molecule has 6 rings (SSSR count). The van der Waals surface area contributed by atoms with Crippen LogP contribution in [0.15, 0.2) is 29.6 Å². The van der Waals surface area contributed by atoms with Crippen LogP contribution < -0.4 is 9.47 Å². The Morgan fingerprint density at radius 2 is 1.62 bits per heavy atom. The zero-order chi connectivity index (χ0) is 27.6. The van der Waals surface area contributed by atoms with Crippen molar-refractivity contribution in [2.45, 2.75) is 71.8 Å². The first-order valence-corrected chi connectivity index (χ1v) is 15.5. The van der Waals surface area contributed by atoms with E-state index in [1.807, 2.05) is 28.0 Å². The number of hydrogen-bond donors (Lipinski definition) is 0. The molecule has 1 heterocycles. The van der Waals surface area contributed by atoms with Gasteiger partial charge in [0.05, 0.1) is 32.7 Å². The number of benzene rings is 1. The third-order valence-corrected chi connectivity index (χ3v) is 10.4. The van der Waals surface area contributed by atoms with Crippen LogP contribution in [-0.2, 0) is 22.6 Å². The van der Waals surface area contributed by atoms with Gasteiger partial charge in [-0.1, -0.05) is 13.0 Å². The van der Waals surface area contributed by atoms with E-state index in [-0.39, 0.29) is 23.8 Å². The Kier molecular flexibility index (Phi) is 8.55. The largest absolute Gasteiger partial charge is 0.493 e. The molecule has 0 spiro atoms. The molecule has 4 fully saturated rings. The van der Waals surface area contributed by atoms with Crippen molar-refractivity contribution in [2.75, 3.05) is 33.9 Å². The van der Waals surface area contributed by atoms with Crippen LogP contribution in [0.4, 0.5) is 0 Å². The number of hydrogen-bond acceptors (Lipinski definition) is 5. The molecule has 0 saturated heterocycles. The topological polar surface area (TPSA) is 59.1 Å². The van der Waals surface area contributed by atoms with Gasteiger partial charge in [0.2, 0.25) is 11.8 Å². The van der Waals surface area contributed by atoms with E-state index in [2.05, 4.69) is 25.3 Å². The summed E-state index contributed by atoms with van der Waals surface area (Å²) in [6.45, 7) is 6.17. The summed E-state index contributed by atoms with van der Waals surface area (Å²) in [5.74, 6) is 3.80. The molecule has 0 N–H and O–H groups in total. The van der Waals surface area contributed by atoms with Crippen LogP contribution in [0.1, 0.15) is 67.9 Å². The standard InChI is InChI=1S/C32H44N2O4S/c1-5-10-34(31(36)32-17-24-13-25(18-32)15-26(14-24)19-32)21-30(35)33(20-29-22(2)9-12-39-29)11-8-23-6-7-27(37-3)28(16-23)38-4/h6-7,9,12,16,24-26H,5,8,10-11,13-15,17-21H2,1-4H3. The molecule has 0 unspecified atom stereocenters. The van der Waals surface area contributed by atoms with Crippen molar-refractivity contribution in [3.63, 3.8) is 0 Å². The van der Waals surface area contributed by atoms with Gasteiger partial charge in [-0.2, -0.15) is 0 Å². The third-order valence-electron chi connectivity index (χ3n) is 9.37. The van der Waals surface area contributed by atoms with Gasteiger partial charge in [-0.05, 0) is 111 Å². The summed E-state index contributed by atoms with van der Waals surface area (Å²) >= 11 is 1.69. The Hall–Kier alpha value is -2.54. The lowest BCUT2D eigenvalue weighted by Crippen LogP contribution is -2.56. The van der Waals surface area contributed by atoms with E-state index in [1.165, 1.54) is 29.7 Å². The van der Waals surface area contributed by atoms with Gasteiger partial charge in [-0.25, -0.2) is 0 Å². The highest BCUT2D eigenvalue weighted by Gasteiger charge is 2.55. The number of nitrogens with zero attached hydrogens (tertiary/aromatic N) is 2. The molecule has 39 heavy (non-hydrogen) atoms. The quantitative estimate of drug-likeness (QED) is 0.319.